The Balaban J connectivity index is 1.19. The molecule has 1 aromatic heterocycles. The molecule has 1 aliphatic rings. The predicted molar refractivity (Wildman–Crippen MR) is 211 cm³/mol. The standard InChI is InChI=1S/C39H48ClN5O12/c1-6-24(20-46)56-32(52-3)21-55-38(49)42-12-11-31(47)41-13-14-43-39(50)57-29-17-28-33(26-10-8-7-9-25(26)29)23(18-40)19-45(28)37(48)27-15-22-16-30(51-2)35(53-4)36(54-5)34(22)44-27/h7-10,15-17,23-24,32,44,46H,6,11-14,18-21H2,1-5H3,(H,41,47)(H,42,49)(H,43,50)/t23-,24?,32?/m1/s1. The lowest BCUT2D eigenvalue weighted by Gasteiger charge is -2.21. The predicted octanol–water partition coefficient (Wildman–Crippen LogP) is 4.41. The summed E-state index contributed by atoms with van der Waals surface area (Å²) in [5.41, 5.74) is 2.26. The van der Waals surface area contributed by atoms with Gasteiger partial charge in [0.15, 0.2) is 17.8 Å². The molecule has 0 bridgehead atoms. The highest BCUT2D eigenvalue weighted by Crippen LogP contribution is 2.47. The molecule has 17 nitrogen and oxygen atoms in total. The molecule has 0 aliphatic carbocycles. The SMILES string of the molecule is CCC(CO)OC(COC(=O)NCCC(=O)NCCNC(=O)Oc1cc2c(c3ccccc13)[C@H](CCl)CN2C(=O)c1cc2cc(OC)c(OC)c(OC)c2[nH]1)OC. The highest BCUT2D eigenvalue weighted by molar-refractivity contribution is 6.19. The van der Waals surface area contributed by atoms with Gasteiger partial charge in [-0.15, -0.1) is 11.6 Å². The molecule has 0 fully saturated rings. The highest BCUT2D eigenvalue weighted by Gasteiger charge is 2.36. The number of aromatic amines is 1. The lowest BCUT2D eigenvalue weighted by atomic mass is 9.95. The normalized spacial score (nSPS) is 14.4. The monoisotopic (exact) mass is 813 g/mol. The van der Waals surface area contributed by atoms with Crippen LogP contribution in [-0.4, -0.2) is 120 Å². The summed E-state index contributed by atoms with van der Waals surface area (Å²) in [6.45, 7) is 1.87. The number of rotatable bonds is 19. The number of anilines is 1. The van der Waals surface area contributed by atoms with E-state index in [2.05, 4.69) is 20.9 Å². The van der Waals surface area contributed by atoms with Crippen molar-refractivity contribution in [2.45, 2.75) is 38.1 Å². The number of methoxy groups -OCH3 is 4. The third kappa shape index (κ3) is 9.91. The lowest BCUT2D eigenvalue weighted by Crippen LogP contribution is -2.37. The van der Waals surface area contributed by atoms with Gasteiger partial charge in [-0.05, 0) is 29.5 Å². The van der Waals surface area contributed by atoms with Crippen molar-refractivity contribution in [3.05, 3.63) is 53.7 Å². The molecule has 5 N–H and O–H groups in total. The van der Waals surface area contributed by atoms with Crippen LogP contribution in [0.25, 0.3) is 21.7 Å². The van der Waals surface area contributed by atoms with E-state index in [9.17, 15) is 24.3 Å². The minimum atomic E-state index is -0.850. The van der Waals surface area contributed by atoms with E-state index < -0.39 is 24.6 Å². The Hall–Kier alpha value is -5.49. The first-order chi connectivity index (χ1) is 27.6. The average molecular weight is 814 g/mol. The molecular formula is C39H48ClN5O12. The molecule has 5 rings (SSSR count). The van der Waals surface area contributed by atoms with Crippen LogP contribution < -0.4 is 39.8 Å². The molecule has 308 valence electrons. The average Bonchev–Trinajstić information content (AvgIpc) is 3.83. The number of H-pyrrole nitrogens is 1. The van der Waals surface area contributed by atoms with Gasteiger partial charge in [-0.3, -0.25) is 9.59 Å². The van der Waals surface area contributed by atoms with E-state index in [1.54, 1.807) is 23.1 Å². The summed E-state index contributed by atoms with van der Waals surface area (Å²) in [5.74, 6) is 0.792. The van der Waals surface area contributed by atoms with E-state index in [0.717, 1.165) is 10.9 Å². The number of benzene rings is 3. The van der Waals surface area contributed by atoms with Gasteiger partial charge in [-0.25, -0.2) is 9.59 Å². The van der Waals surface area contributed by atoms with Crippen LogP contribution in [-0.2, 0) is 19.0 Å². The Morgan fingerprint density at radius 1 is 0.912 bits per heavy atom. The van der Waals surface area contributed by atoms with Gasteiger partial charge in [-0.1, -0.05) is 31.2 Å². The van der Waals surface area contributed by atoms with Crippen molar-refractivity contribution in [1.82, 2.24) is 20.9 Å². The van der Waals surface area contributed by atoms with Gasteiger partial charge in [0.2, 0.25) is 11.7 Å². The summed E-state index contributed by atoms with van der Waals surface area (Å²) >= 11 is 6.48. The number of fused-ring (bicyclic) bond motifs is 4. The third-order valence-electron chi connectivity index (χ3n) is 9.37. The second-order valence-corrected chi connectivity index (χ2v) is 13.2. The molecule has 0 saturated carbocycles. The fourth-order valence-corrected chi connectivity index (χ4v) is 6.78. The Kier molecular flexibility index (Phi) is 15.0. The number of carbonyl (C=O) groups excluding carboxylic acids is 4. The Labute approximate surface area is 334 Å². The zero-order valence-electron chi connectivity index (χ0n) is 32.4. The van der Waals surface area contributed by atoms with E-state index in [-0.39, 0.29) is 74.3 Å². The Bertz CT molecular complexity index is 2060. The molecule has 3 atom stereocenters. The van der Waals surface area contributed by atoms with Crippen molar-refractivity contribution in [3.63, 3.8) is 0 Å². The molecule has 3 aromatic carbocycles. The summed E-state index contributed by atoms with van der Waals surface area (Å²) in [5, 5.41) is 19.2. The first kappa shape index (κ1) is 42.6. The van der Waals surface area contributed by atoms with Crippen molar-refractivity contribution >= 4 is 63.0 Å². The molecule has 2 unspecified atom stereocenters. The fraction of sp³-hybridized carbons (Fsp3) is 0.436. The number of alkyl halides is 1. The largest absolute Gasteiger partial charge is 0.493 e. The molecule has 0 spiro atoms. The summed E-state index contributed by atoms with van der Waals surface area (Å²) in [6.07, 6.45) is -2.32. The van der Waals surface area contributed by atoms with Gasteiger partial charge in [0.1, 0.15) is 18.1 Å². The summed E-state index contributed by atoms with van der Waals surface area (Å²) < 4.78 is 38.1. The van der Waals surface area contributed by atoms with Crippen LogP contribution in [0.2, 0.25) is 0 Å². The number of hydrogen-bond donors (Lipinski definition) is 5. The van der Waals surface area contributed by atoms with Crippen LogP contribution in [0.4, 0.5) is 15.3 Å². The zero-order valence-corrected chi connectivity index (χ0v) is 33.2. The van der Waals surface area contributed by atoms with Gasteiger partial charge in [0.25, 0.3) is 5.91 Å². The van der Waals surface area contributed by atoms with Crippen LogP contribution in [0.1, 0.15) is 41.7 Å². The topological polar surface area (TPSA) is 208 Å². The van der Waals surface area contributed by atoms with Crippen LogP contribution >= 0.6 is 11.6 Å². The molecule has 2 heterocycles. The van der Waals surface area contributed by atoms with Crippen molar-refractivity contribution in [1.29, 1.82) is 0 Å². The van der Waals surface area contributed by atoms with E-state index in [0.29, 0.717) is 52.2 Å². The lowest BCUT2D eigenvalue weighted by molar-refractivity contribution is -0.181. The molecule has 4 amide bonds. The van der Waals surface area contributed by atoms with Crippen LogP contribution in [0.5, 0.6) is 23.0 Å². The van der Waals surface area contributed by atoms with Crippen LogP contribution in [0.15, 0.2) is 42.5 Å². The number of nitrogens with zero attached hydrogens (tertiary/aromatic N) is 1. The summed E-state index contributed by atoms with van der Waals surface area (Å²) in [6, 6.07) is 12.5. The number of alkyl carbamates (subject to hydrolysis) is 1. The number of carbonyl (C=O) groups is 4. The molecule has 1 aliphatic heterocycles. The first-order valence-corrected chi connectivity index (χ1v) is 18.8. The number of amides is 4. The maximum absolute atomic E-state index is 14.2. The fourth-order valence-electron chi connectivity index (χ4n) is 6.53. The third-order valence-corrected chi connectivity index (χ3v) is 9.74. The number of ether oxygens (including phenoxy) is 7. The van der Waals surface area contributed by atoms with Crippen LogP contribution in [0.3, 0.4) is 0 Å². The maximum atomic E-state index is 14.2. The Morgan fingerprint density at radius 3 is 2.30 bits per heavy atom. The second-order valence-electron chi connectivity index (χ2n) is 12.9. The van der Waals surface area contributed by atoms with Gasteiger partial charge < -0.3 is 64.1 Å². The van der Waals surface area contributed by atoms with Gasteiger partial charge in [0, 0.05) is 68.3 Å². The number of aliphatic hydroxyl groups is 1. The molecular weight excluding hydrogens is 766 g/mol. The number of hydrogen-bond acceptors (Lipinski definition) is 12. The number of nitrogens with one attached hydrogen (secondary N) is 4. The molecule has 0 saturated heterocycles. The minimum absolute atomic E-state index is 0.000334. The first-order valence-electron chi connectivity index (χ1n) is 18.3. The van der Waals surface area contributed by atoms with Gasteiger partial charge >= 0.3 is 12.2 Å². The van der Waals surface area contributed by atoms with E-state index in [1.807, 2.05) is 31.2 Å². The van der Waals surface area contributed by atoms with Crippen LogP contribution in [0, 0.1) is 0 Å². The second kappa shape index (κ2) is 20.1. The summed E-state index contributed by atoms with van der Waals surface area (Å²) in [4.78, 5) is 56.4. The highest BCUT2D eigenvalue weighted by atomic mass is 35.5. The van der Waals surface area contributed by atoms with E-state index in [1.165, 1.54) is 28.4 Å². The van der Waals surface area contributed by atoms with Crippen molar-refractivity contribution in [2.75, 3.05) is 78.6 Å². The van der Waals surface area contributed by atoms with Crippen molar-refractivity contribution < 1.29 is 57.4 Å². The Morgan fingerprint density at radius 2 is 1.63 bits per heavy atom. The molecule has 0 radical (unpaired) electrons. The number of aliphatic hydroxyl groups excluding tert-OH is 1. The molecule has 57 heavy (non-hydrogen) atoms. The zero-order chi connectivity index (χ0) is 41.1. The summed E-state index contributed by atoms with van der Waals surface area (Å²) in [7, 11) is 5.91. The van der Waals surface area contributed by atoms with E-state index >= 15 is 0 Å². The number of aromatic nitrogens is 1. The van der Waals surface area contributed by atoms with E-state index in [4.69, 9.17) is 44.8 Å². The van der Waals surface area contributed by atoms with Crippen molar-refractivity contribution in [3.8, 4) is 23.0 Å². The quantitative estimate of drug-likeness (QED) is 0.0507. The minimum Gasteiger partial charge on any atom is -0.493 e. The maximum Gasteiger partial charge on any atom is 0.412 e. The smallest absolute Gasteiger partial charge is 0.412 e. The number of halogens is 1. The van der Waals surface area contributed by atoms with Crippen molar-refractivity contribution in [2.24, 2.45) is 0 Å². The van der Waals surface area contributed by atoms with Gasteiger partial charge in [0.05, 0.1) is 45.2 Å². The van der Waals surface area contributed by atoms with Gasteiger partial charge in [-0.2, -0.15) is 0 Å². The molecule has 4 aromatic rings. The molecule has 18 heteroatoms.